The molecule has 0 aliphatic rings. The van der Waals surface area contributed by atoms with E-state index in [2.05, 4.69) is 30.1 Å². The van der Waals surface area contributed by atoms with Crippen LogP contribution in [-0.2, 0) is 0 Å². The summed E-state index contributed by atoms with van der Waals surface area (Å²) in [6.07, 6.45) is 1.25. The molecule has 2 atom stereocenters. The lowest BCUT2D eigenvalue weighted by atomic mass is 10.1. The quantitative estimate of drug-likeness (QED) is 0.695. The molecule has 0 spiro atoms. The lowest BCUT2D eigenvalue weighted by Gasteiger charge is -2.12. The Kier molecular flexibility index (Phi) is 3.80. The van der Waals surface area contributed by atoms with Gasteiger partial charge < -0.3 is 0 Å². The van der Waals surface area contributed by atoms with Crippen LogP contribution in [-0.4, -0.2) is 16.4 Å². The summed E-state index contributed by atoms with van der Waals surface area (Å²) in [5, 5.41) is 8.17. The molecule has 0 aromatic carbocycles. The average molecular weight is 196 g/mol. The molecule has 0 aliphatic carbocycles. The minimum atomic E-state index is 0.638. The fraction of sp³-hybridized carbons (Fsp3) is 0.600. The van der Waals surface area contributed by atoms with E-state index in [1.165, 1.54) is 11.7 Å². The third-order valence-corrected chi connectivity index (χ3v) is 3.45. The summed E-state index contributed by atoms with van der Waals surface area (Å²) in [6, 6.07) is 2.16. The molecule has 13 heavy (non-hydrogen) atoms. The van der Waals surface area contributed by atoms with Crippen molar-refractivity contribution in [3.8, 4) is 0 Å². The molecule has 1 aromatic heterocycles. The fourth-order valence-corrected chi connectivity index (χ4v) is 2.55. The highest BCUT2D eigenvalue weighted by Crippen LogP contribution is 2.34. The summed E-state index contributed by atoms with van der Waals surface area (Å²) >= 11 is 0. The van der Waals surface area contributed by atoms with Crippen LogP contribution in [0, 0.1) is 13.8 Å². The third-order valence-electron chi connectivity index (χ3n) is 2.12. The molecule has 2 unspecified atom stereocenters. The van der Waals surface area contributed by atoms with Crippen molar-refractivity contribution in [1.29, 1.82) is 0 Å². The summed E-state index contributed by atoms with van der Waals surface area (Å²) in [6.45, 7) is 8.54. The minimum absolute atomic E-state index is 0.638. The highest BCUT2D eigenvalue weighted by atomic mass is 31.1. The summed E-state index contributed by atoms with van der Waals surface area (Å²) in [7, 11) is 0.991. The fourth-order valence-electron chi connectivity index (χ4n) is 1.42. The van der Waals surface area contributed by atoms with Crippen molar-refractivity contribution in [2.45, 2.75) is 33.4 Å². The predicted molar refractivity (Wildman–Crippen MR) is 58.8 cm³/mol. The lowest BCUT2D eigenvalue weighted by Crippen LogP contribution is -1.98. The molecular formula is C10H17N2P. The molecule has 0 N–H and O–H groups in total. The number of nitrogens with zero attached hydrogens (tertiary/aromatic N) is 2. The van der Waals surface area contributed by atoms with Crippen LogP contribution >= 0.6 is 8.58 Å². The van der Waals surface area contributed by atoms with Crippen molar-refractivity contribution >= 4 is 8.58 Å². The summed E-state index contributed by atoms with van der Waals surface area (Å²) < 4.78 is 0. The number of aryl methyl sites for hydroxylation is 2. The van der Waals surface area contributed by atoms with E-state index in [1.807, 2.05) is 13.8 Å². The molecule has 0 fully saturated rings. The molecule has 72 valence electrons. The highest BCUT2D eigenvalue weighted by Gasteiger charge is 2.08. The molecule has 0 saturated carbocycles. The average Bonchev–Trinajstić information content (AvgIpc) is 2.09. The zero-order chi connectivity index (χ0) is 9.84. The molecule has 1 aromatic rings. The summed E-state index contributed by atoms with van der Waals surface area (Å²) in [5.74, 6) is 0. The normalized spacial score (nSPS) is 13.8. The Hall–Kier alpha value is -0.490. The van der Waals surface area contributed by atoms with Crippen LogP contribution in [0.1, 0.15) is 36.5 Å². The van der Waals surface area contributed by atoms with Gasteiger partial charge >= 0.3 is 0 Å². The molecule has 0 radical (unpaired) electrons. The van der Waals surface area contributed by atoms with E-state index in [4.69, 9.17) is 0 Å². The monoisotopic (exact) mass is 196 g/mol. The topological polar surface area (TPSA) is 25.8 Å². The predicted octanol–water partition coefficient (Wildman–Crippen LogP) is 2.85. The van der Waals surface area contributed by atoms with Gasteiger partial charge in [-0.2, -0.15) is 10.2 Å². The molecule has 0 amide bonds. The maximum Gasteiger partial charge on any atom is 0.0638 e. The first-order valence-electron chi connectivity index (χ1n) is 4.69. The lowest BCUT2D eigenvalue weighted by molar-refractivity contribution is 0.892. The van der Waals surface area contributed by atoms with Crippen LogP contribution in [0.15, 0.2) is 6.07 Å². The standard InChI is InChI=1S/C10H17N2P/c1-5-13-9(4)10-6-7(2)11-12-8(10)3/h6,9,13H,5H2,1-4H3. The Morgan fingerprint density at radius 3 is 2.69 bits per heavy atom. The van der Waals surface area contributed by atoms with E-state index >= 15 is 0 Å². The van der Waals surface area contributed by atoms with E-state index in [9.17, 15) is 0 Å². The van der Waals surface area contributed by atoms with Crippen molar-refractivity contribution in [2.75, 3.05) is 6.16 Å². The number of hydrogen-bond donors (Lipinski definition) is 0. The van der Waals surface area contributed by atoms with Crippen molar-refractivity contribution in [2.24, 2.45) is 0 Å². The molecule has 0 saturated heterocycles. The van der Waals surface area contributed by atoms with Gasteiger partial charge in [0.15, 0.2) is 0 Å². The zero-order valence-electron chi connectivity index (χ0n) is 8.76. The van der Waals surface area contributed by atoms with Crippen LogP contribution in [0.4, 0.5) is 0 Å². The van der Waals surface area contributed by atoms with Gasteiger partial charge in [0.1, 0.15) is 0 Å². The Labute approximate surface area is 81.9 Å². The third kappa shape index (κ3) is 2.73. The minimum Gasteiger partial charge on any atom is -0.156 e. The molecule has 0 aliphatic heterocycles. The maximum atomic E-state index is 4.14. The number of aromatic nitrogens is 2. The van der Waals surface area contributed by atoms with Gasteiger partial charge in [-0.25, -0.2) is 0 Å². The van der Waals surface area contributed by atoms with E-state index in [0.717, 1.165) is 20.0 Å². The number of rotatable bonds is 3. The Morgan fingerprint density at radius 2 is 2.08 bits per heavy atom. The molecule has 1 rings (SSSR count). The van der Waals surface area contributed by atoms with Gasteiger partial charge in [-0.05, 0) is 31.6 Å². The van der Waals surface area contributed by atoms with Crippen LogP contribution < -0.4 is 0 Å². The van der Waals surface area contributed by atoms with Gasteiger partial charge in [-0.1, -0.05) is 13.8 Å². The molecular weight excluding hydrogens is 179 g/mol. The van der Waals surface area contributed by atoms with Gasteiger partial charge in [-0.3, -0.25) is 0 Å². The Bertz CT molecular complexity index is 286. The first-order chi connectivity index (χ1) is 6.15. The zero-order valence-corrected chi connectivity index (χ0v) is 9.76. The Morgan fingerprint density at radius 1 is 1.38 bits per heavy atom. The second-order valence-corrected chi connectivity index (χ2v) is 5.29. The second-order valence-electron chi connectivity index (χ2n) is 3.31. The van der Waals surface area contributed by atoms with Gasteiger partial charge in [0.25, 0.3) is 0 Å². The van der Waals surface area contributed by atoms with Gasteiger partial charge in [0.2, 0.25) is 0 Å². The first kappa shape index (κ1) is 10.6. The largest absolute Gasteiger partial charge is 0.156 e. The second kappa shape index (κ2) is 4.66. The summed E-state index contributed by atoms with van der Waals surface area (Å²) in [4.78, 5) is 0. The highest BCUT2D eigenvalue weighted by molar-refractivity contribution is 7.38. The van der Waals surface area contributed by atoms with Crippen molar-refractivity contribution in [3.05, 3.63) is 23.0 Å². The van der Waals surface area contributed by atoms with Gasteiger partial charge in [0.05, 0.1) is 11.4 Å². The summed E-state index contributed by atoms with van der Waals surface area (Å²) in [5.41, 5.74) is 4.11. The molecule has 3 heteroatoms. The van der Waals surface area contributed by atoms with E-state index in [-0.39, 0.29) is 0 Å². The van der Waals surface area contributed by atoms with E-state index in [0.29, 0.717) is 5.66 Å². The smallest absolute Gasteiger partial charge is 0.0638 e. The van der Waals surface area contributed by atoms with Gasteiger partial charge in [-0.15, -0.1) is 8.58 Å². The van der Waals surface area contributed by atoms with Crippen LogP contribution in [0.5, 0.6) is 0 Å². The van der Waals surface area contributed by atoms with Gasteiger partial charge in [0, 0.05) is 5.66 Å². The first-order valence-corrected chi connectivity index (χ1v) is 5.97. The van der Waals surface area contributed by atoms with Crippen LogP contribution in [0.3, 0.4) is 0 Å². The number of hydrogen-bond acceptors (Lipinski definition) is 2. The van der Waals surface area contributed by atoms with Crippen molar-refractivity contribution in [3.63, 3.8) is 0 Å². The van der Waals surface area contributed by atoms with Crippen molar-refractivity contribution < 1.29 is 0 Å². The van der Waals surface area contributed by atoms with Crippen LogP contribution in [0.25, 0.3) is 0 Å². The Balaban J connectivity index is 2.91. The maximum absolute atomic E-state index is 4.14. The van der Waals surface area contributed by atoms with Crippen molar-refractivity contribution in [1.82, 2.24) is 10.2 Å². The SMILES string of the molecule is CCPC(C)c1cc(C)nnc1C. The van der Waals surface area contributed by atoms with E-state index < -0.39 is 0 Å². The van der Waals surface area contributed by atoms with E-state index in [1.54, 1.807) is 0 Å². The molecule has 2 nitrogen and oxygen atoms in total. The van der Waals surface area contributed by atoms with Crippen LogP contribution in [0.2, 0.25) is 0 Å². The molecule has 0 bridgehead atoms. The molecule has 1 heterocycles.